The Morgan fingerprint density at radius 3 is 2.16 bits per heavy atom. The summed E-state index contributed by atoms with van der Waals surface area (Å²) in [5.41, 5.74) is 6.77. The van der Waals surface area contributed by atoms with E-state index in [9.17, 15) is 0 Å². The topological polar surface area (TPSA) is 32.3 Å². The molecule has 32 heavy (non-hydrogen) atoms. The van der Waals surface area contributed by atoms with E-state index in [1.165, 1.54) is 32.5 Å². The molecule has 0 saturated heterocycles. The van der Waals surface area contributed by atoms with Crippen molar-refractivity contribution in [2.24, 2.45) is 0 Å². The lowest BCUT2D eigenvalue weighted by atomic mass is 9.69. The Hall–Kier alpha value is -2.40. The van der Waals surface area contributed by atoms with Crippen molar-refractivity contribution in [3.63, 3.8) is 0 Å². The Morgan fingerprint density at radius 2 is 1.56 bits per heavy atom. The molecule has 4 nitrogen and oxygen atoms in total. The van der Waals surface area contributed by atoms with Crippen molar-refractivity contribution in [2.45, 2.75) is 71.4 Å². The van der Waals surface area contributed by atoms with Gasteiger partial charge in [0, 0.05) is 33.7 Å². The number of benzene rings is 2. The fourth-order valence-electron chi connectivity index (χ4n) is 5.59. The van der Waals surface area contributed by atoms with Gasteiger partial charge in [0.25, 0.3) is 0 Å². The summed E-state index contributed by atoms with van der Waals surface area (Å²) in [4.78, 5) is 14.5. The highest BCUT2D eigenvalue weighted by Gasteiger charge is 2.50. The van der Waals surface area contributed by atoms with E-state index in [0.29, 0.717) is 0 Å². The van der Waals surface area contributed by atoms with Crippen molar-refractivity contribution in [2.75, 3.05) is 9.80 Å². The molecule has 5 heteroatoms. The number of fused-ring (bicyclic) bond motifs is 5. The van der Waals surface area contributed by atoms with Gasteiger partial charge in [-0.3, -0.25) is 0 Å². The molecule has 2 aliphatic rings. The third kappa shape index (κ3) is 3.08. The predicted molar refractivity (Wildman–Crippen MR) is 136 cm³/mol. The van der Waals surface area contributed by atoms with Crippen LogP contribution >= 0.6 is 15.9 Å². The third-order valence-corrected chi connectivity index (χ3v) is 8.38. The van der Waals surface area contributed by atoms with Crippen LogP contribution in [-0.2, 0) is 18.3 Å². The summed E-state index contributed by atoms with van der Waals surface area (Å²) in [6.07, 6.45) is 9.13. The molecule has 1 unspecified atom stereocenters. The van der Waals surface area contributed by atoms with Crippen molar-refractivity contribution in [3.05, 3.63) is 70.0 Å². The van der Waals surface area contributed by atoms with Crippen LogP contribution in [0.5, 0.6) is 0 Å². The second-order valence-corrected chi connectivity index (χ2v) is 9.80. The van der Waals surface area contributed by atoms with E-state index in [1.807, 2.05) is 12.4 Å². The molecular weight excluding hydrogens is 460 g/mol. The molecular formula is C27H31BrN4. The van der Waals surface area contributed by atoms with Gasteiger partial charge in [-0.2, -0.15) is 0 Å². The molecule has 0 spiro atoms. The zero-order valence-electron chi connectivity index (χ0n) is 19.4. The molecule has 2 aromatic carbocycles. The van der Waals surface area contributed by atoms with Gasteiger partial charge in [-0.15, -0.1) is 0 Å². The summed E-state index contributed by atoms with van der Waals surface area (Å²) in [5.74, 6) is 1.90. The molecule has 3 heterocycles. The van der Waals surface area contributed by atoms with Crippen LogP contribution in [0.15, 0.2) is 53.3 Å². The molecule has 3 aromatic rings. The minimum absolute atomic E-state index is 0.130. The van der Waals surface area contributed by atoms with E-state index in [-0.39, 0.29) is 11.6 Å². The predicted octanol–water partition coefficient (Wildman–Crippen LogP) is 7.44. The van der Waals surface area contributed by atoms with E-state index in [0.717, 1.165) is 43.7 Å². The number of hydrogen-bond donors (Lipinski definition) is 0. The molecule has 0 N–H and O–H groups in total. The minimum Gasteiger partial charge on any atom is -0.302 e. The van der Waals surface area contributed by atoms with Gasteiger partial charge in [0.2, 0.25) is 0 Å². The Kier molecular flexibility index (Phi) is 5.48. The van der Waals surface area contributed by atoms with Crippen LogP contribution in [0.3, 0.4) is 0 Å². The number of aromatic nitrogens is 2. The van der Waals surface area contributed by atoms with Gasteiger partial charge in [-0.05, 0) is 67.0 Å². The lowest BCUT2D eigenvalue weighted by molar-refractivity contribution is 0.321. The van der Waals surface area contributed by atoms with Crippen molar-refractivity contribution >= 4 is 38.9 Å². The molecule has 0 bridgehead atoms. The first-order valence-corrected chi connectivity index (χ1v) is 12.7. The van der Waals surface area contributed by atoms with Crippen LogP contribution in [-0.4, -0.2) is 16.1 Å². The molecule has 0 aliphatic carbocycles. The van der Waals surface area contributed by atoms with Crippen LogP contribution in [0.25, 0.3) is 0 Å². The zero-order chi connectivity index (χ0) is 22.5. The highest BCUT2D eigenvalue weighted by Crippen LogP contribution is 2.56. The quantitative estimate of drug-likeness (QED) is 0.371. The minimum atomic E-state index is 0.130. The summed E-state index contributed by atoms with van der Waals surface area (Å²) in [5, 5.41) is 0. The highest BCUT2D eigenvalue weighted by molar-refractivity contribution is 9.10. The first-order valence-electron chi connectivity index (χ1n) is 11.9. The maximum absolute atomic E-state index is 4.83. The van der Waals surface area contributed by atoms with Gasteiger partial charge in [-0.25, -0.2) is 9.97 Å². The number of rotatable bonds is 5. The average molecular weight is 491 g/mol. The summed E-state index contributed by atoms with van der Waals surface area (Å²) in [6.45, 7) is 9.12. The van der Waals surface area contributed by atoms with Gasteiger partial charge in [0.05, 0.1) is 0 Å². The van der Waals surface area contributed by atoms with Gasteiger partial charge >= 0.3 is 0 Å². The van der Waals surface area contributed by atoms with Gasteiger partial charge in [0.1, 0.15) is 6.17 Å². The maximum Gasteiger partial charge on any atom is 0.178 e. The zero-order valence-corrected chi connectivity index (χ0v) is 21.0. The smallest absolute Gasteiger partial charge is 0.178 e. The summed E-state index contributed by atoms with van der Waals surface area (Å²) < 4.78 is 1.18. The summed E-state index contributed by atoms with van der Waals surface area (Å²) >= 11 is 3.85. The first kappa shape index (κ1) is 21.4. The van der Waals surface area contributed by atoms with Crippen LogP contribution in [0, 0.1) is 0 Å². The second kappa shape index (κ2) is 8.18. The molecule has 0 saturated carbocycles. The molecule has 1 aromatic heterocycles. The average Bonchev–Trinajstić information content (AvgIpc) is 3.17. The Bertz CT molecular complexity index is 1140. The third-order valence-electron chi connectivity index (χ3n) is 7.64. The molecule has 0 fully saturated rings. The van der Waals surface area contributed by atoms with Gasteiger partial charge < -0.3 is 9.80 Å². The molecule has 2 aliphatic heterocycles. The molecule has 166 valence electrons. The summed E-state index contributed by atoms with van der Waals surface area (Å²) in [6, 6.07) is 13.7. The first-order chi connectivity index (χ1) is 15.6. The lowest BCUT2D eigenvalue weighted by Crippen LogP contribution is -2.49. The molecule has 0 radical (unpaired) electrons. The Morgan fingerprint density at radius 1 is 0.906 bits per heavy atom. The van der Waals surface area contributed by atoms with Crippen molar-refractivity contribution in [1.82, 2.24) is 9.97 Å². The second-order valence-electron chi connectivity index (χ2n) is 8.95. The largest absolute Gasteiger partial charge is 0.302 e. The highest BCUT2D eigenvalue weighted by atomic mass is 79.9. The van der Waals surface area contributed by atoms with E-state index in [2.05, 4.69) is 89.8 Å². The number of halogens is 1. The van der Waals surface area contributed by atoms with Crippen LogP contribution in [0.2, 0.25) is 0 Å². The Balaban J connectivity index is 1.74. The Labute approximate surface area is 199 Å². The lowest BCUT2D eigenvalue weighted by Gasteiger charge is -2.47. The van der Waals surface area contributed by atoms with Crippen molar-refractivity contribution in [1.29, 1.82) is 0 Å². The van der Waals surface area contributed by atoms with E-state index in [4.69, 9.17) is 9.97 Å². The van der Waals surface area contributed by atoms with Crippen LogP contribution in [0.4, 0.5) is 23.0 Å². The van der Waals surface area contributed by atoms with Crippen molar-refractivity contribution < 1.29 is 0 Å². The molecule has 0 amide bonds. The normalized spacial score (nSPS) is 18.3. The SMILES string of the molecule is CCc1ccc(N2c3nccnc3N3c4cc(Br)c(CC)cc4C(CC)(CC)CC23)cc1. The molecule has 1 atom stereocenters. The fraction of sp³-hybridized carbons (Fsp3) is 0.407. The fourth-order valence-corrected chi connectivity index (χ4v) is 6.20. The number of anilines is 4. The monoisotopic (exact) mass is 490 g/mol. The van der Waals surface area contributed by atoms with Gasteiger partial charge in [-0.1, -0.05) is 61.8 Å². The van der Waals surface area contributed by atoms with E-state index >= 15 is 0 Å². The van der Waals surface area contributed by atoms with Crippen LogP contribution in [0.1, 0.15) is 63.6 Å². The number of nitrogens with zero attached hydrogens (tertiary/aromatic N) is 4. The van der Waals surface area contributed by atoms with Crippen LogP contribution < -0.4 is 9.80 Å². The standard InChI is InChI=1S/C27H31BrN4/c1-5-18-9-11-20(12-10-18)31-24-17-27(7-3,8-4)21-15-19(6-2)22(28)16-23(21)32(24)26-25(31)29-13-14-30-26/h9-16,24H,5-8,17H2,1-4H3. The number of aryl methyl sites for hydroxylation is 2. The molecule has 5 rings (SSSR count). The van der Waals surface area contributed by atoms with E-state index in [1.54, 1.807) is 0 Å². The van der Waals surface area contributed by atoms with E-state index < -0.39 is 0 Å². The van der Waals surface area contributed by atoms with Gasteiger partial charge in [0.15, 0.2) is 11.6 Å². The van der Waals surface area contributed by atoms with Crippen molar-refractivity contribution in [3.8, 4) is 0 Å². The number of hydrogen-bond acceptors (Lipinski definition) is 4. The maximum atomic E-state index is 4.83. The summed E-state index contributed by atoms with van der Waals surface area (Å²) in [7, 11) is 0.